The zero-order valence-corrected chi connectivity index (χ0v) is 11.5. The Labute approximate surface area is 109 Å². The van der Waals surface area contributed by atoms with E-state index in [9.17, 15) is 4.79 Å². The minimum absolute atomic E-state index is 0.0918. The van der Waals surface area contributed by atoms with E-state index in [1.165, 1.54) is 0 Å². The average Bonchev–Trinajstić information content (AvgIpc) is 2.70. The number of benzene rings is 1. The van der Waals surface area contributed by atoms with Crippen LogP contribution < -0.4 is 5.73 Å². The van der Waals surface area contributed by atoms with Gasteiger partial charge in [0.2, 0.25) is 0 Å². The first-order valence-corrected chi connectivity index (χ1v) is 6.51. The van der Waals surface area contributed by atoms with Gasteiger partial charge in [0.15, 0.2) is 0 Å². The van der Waals surface area contributed by atoms with E-state index in [4.69, 9.17) is 5.73 Å². The molecule has 3 nitrogen and oxygen atoms in total. The predicted octanol–water partition coefficient (Wildman–Crippen LogP) is 2.11. The van der Waals surface area contributed by atoms with Gasteiger partial charge < -0.3 is 10.6 Å². The van der Waals surface area contributed by atoms with E-state index >= 15 is 0 Å². The number of rotatable bonds is 2. The van der Waals surface area contributed by atoms with Gasteiger partial charge in [0.25, 0.3) is 5.91 Å². The van der Waals surface area contributed by atoms with E-state index in [0.29, 0.717) is 6.54 Å². The molecule has 1 aromatic carbocycles. The first kappa shape index (κ1) is 13.1. The van der Waals surface area contributed by atoms with Crippen molar-refractivity contribution in [3.8, 4) is 0 Å². The molecule has 1 aromatic rings. The van der Waals surface area contributed by atoms with Crippen molar-refractivity contribution in [1.82, 2.24) is 4.90 Å². The predicted molar refractivity (Wildman–Crippen MR) is 73.6 cm³/mol. The van der Waals surface area contributed by atoms with Gasteiger partial charge in [-0.2, -0.15) is 0 Å². The largest absolute Gasteiger partial charge is 0.338 e. The molecular weight excluding hydrogens is 224 g/mol. The average molecular weight is 246 g/mol. The molecule has 0 spiro atoms. The SMILES string of the molecule is Cc1cc(C)cc(C(=O)N2CCC(C)(CN)C2)c1. The minimum atomic E-state index is 0.0918. The lowest BCUT2D eigenvalue weighted by Gasteiger charge is -2.22. The summed E-state index contributed by atoms with van der Waals surface area (Å²) < 4.78 is 0. The third-order valence-corrected chi connectivity index (χ3v) is 3.81. The normalized spacial score (nSPS) is 23.4. The summed E-state index contributed by atoms with van der Waals surface area (Å²) in [4.78, 5) is 14.4. The van der Waals surface area contributed by atoms with Crippen molar-refractivity contribution >= 4 is 5.91 Å². The first-order chi connectivity index (χ1) is 8.43. The monoisotopic (exact) mass is 246 g/mol. The molecule has 0 saturated carbocycles. The third kappa shape index (κ3) is 2.56. The molecule has 3 heteroatoms. The summed E-state index contributed by atoms with van der Waals surface area (Å²) in [5.41, 5.74) is 8.95. The smallest absolute Gasteiger partial charge is 0.253 e. The van der Waals surface area contributed by atoms with E-state index in [-0.39, 0.29) is 11.3 Å². The van der Waals surface area contributed by atoms with Crippen LogP contribution in [0, 0.1) is 19.3 Å². The second-order valence-corrected chi connectivity index (χ2v) is 5.87. The molecule has 0 aromatic heterocycles. The van der Waals surface area contributed by atoms with Gasteiger partial charge in [0, 0.05) is 18.7 Å². The highest BCUT2D eigenvalue weighted by Gasteiger charge is 2.35. The summed E-state index contributed by atoms with van der Waals surface area (Å²) in [6.45, 7) is 8.44. The molecule has 0 radical (unpaired) electrons. The Bertz CT molecular complexity index is 449. The number of nitrogens with zero attached hydrogens (tertiary/aromatic N) is 1. The number of carbonyl (C=O) groups excluding carboxylic acids is 1. The van der Waals surface area contributed by atoms with Gasteiger partial charge >= 0.3 is 0 Å². The molecule has 18 heavy (non-hydrogen) atoms. The maximum atomic E-state index is 12.4. The van der Waals surface area contributed by atoms with Gasteiger partial charge in [-0.25, -0.2) is 0 Å². The second kappa shape index (κ2) is 4.73. The van der Waals surface area contributed by atoms with Crippen LogP contribution >= 0.6 is 0 Å². The number of amides is 1. The fourth-order valence-corrected chi connectivity index (χ4v) is 2.64. The van der Waals surface area contributed by atoms with E-state index in [0.717, 1.165) is 36.2 Å². The Morgan fingerprint density at radius 1 is 1.33 bits per heavy atom. The van der Waals surface area contributed by atoms with Crippen molar-refractivity contribution in [2.75, 3.05) is 19.6 Å². The lowest BCUT2D eigenvalue weighted by atomic mass is 9.90. The second-order valence-electron chi connectivity index (χ2n) is 5.87. The molecule has 1 aliphatic rings. The Kier molecular flexibility index (Phi) is 3.44. The minimum Gasteiger partial charge on any atom is -0.338 e. The van der Waals surface area contributed by atoms with E-state index in [1.807, 2.05) is 30.9 Å². The van der Waals surface area contributed by atoms with Gasteiger partial charge in [0.1, 0.15) is 0 Å². The van der Waals surface area contributed by atoms with Gasteiger partial charge in [-0.3, -0.25) is 4.79 Å². The van der Waals surface area contributed by atoms with Crippen LogP contribution in [0.25, 0.3) is 0 Å². The van der Waals surface area contributed by atoms with Crippen LogP contribution in [0.4, 0.5) is 0 Å². The molecule has 2 rings (SSSR count). The topological polar surface area (TPSA) is 46.3 Å². The summed E-state index contributed by atoms with van der Waals surface area (Å²) in [5.74, 6) is 0.138. The van der Waals surface area contributed by atoms with Gasteiger partial charge in [-0.15, -0.1) is 0 Å². The van der Waals surface area contributed by atoms with Crippen LogP contribution in [0.5, 0.6) is 0 Å². The number of hydrogen-bond acceptors (Lipinski definition) is 2. The number of likely N-dealkylation sites (tertiary alicyclic amines) is 1. The summed E-state index contributed by atoms with van der Waals surface area (Å²) in [6, 6.07) is 6.02. The maximum Gasteiger partial charge on any atom is 0.253 e. The number of aryl methyl sites for hydroxylation is 2. The van der Waals surface area contributed by atoms with Crippen LogP contribution in [0.2, 0.25) is 0 Å². The fourth-order valence-electron chi connectivity index (χ4n) is 2.64. The van der Waals surface area contributed by atoms with Crippen molar-refractivity contribution in [2.24, 2.45) is 11.1 Å². The Balaban J connectivity index is 2.18. The highest BCUT2D eigenvalue weighted by Crippen LogP contribution is 2.29. The Morgan fingerprint density at radius 3 is 2.44 bits per heavy atom. The highest BCUT2D eigenvalue weighted by atomic mass is 16.2. The first-order valence-electron chi connectivity index (χ1n) is 6.51. The van der Waals surface area contributed by atoms with Crippen LogP contribution in [-0.2, 0) is 0 Å². The molecule has 1 atom stereocenters. The van der Waals surface area contributed by atoms with E-state index < -0.39 is 0 Å². The molecule has 98 valence electrons. The zero-order valence-electron chi connectivity index (χ0n) is 11.5. The van der Waals surface area contributed by atoms with Crippen molar-refractivity contribution in [1.29, 1.82) is 0 Å². The lowest BCUT2D eigenvalue weighted by Crippen LogP contribution is -2.34. The van der Waals surface area contributed by atoms with Gasteiger partial charge in [-0.05, 0) is 44.4 Å². The lowest BCUT2D eigenvalue weighted by molar-refractivity contribution is 0.0776. The molecule has 1 heterocycles. The molecule has 0 bridgehead atoms. The summed E-state index contributed by atoms with van der Waals surface area (Å²) in [6.07, 6.45) is 1.00. The quantitative estimate of drug-likeness (QED) is 0.868. The number of carbonyl (C=O) groups is 1. The molecule has 1 aliphatic heterocycles. The van der Waals surface area contributed by atoms with Gasteiger partial charge in [0.05, 0.1) is 0 Å². The summed E-state index contributed by atoms with van der Waals surface area (Å²) >= 11 is 0. The van der Waals surface area contributed by atoms with Crippen LogP contribution in [0.3, 0.4) is 0 Å². The maximum absolute atomic E-state index is 12.4. The van der Waals surface area contributed by atoms with Crippen molar-refractivity contribution in [3.05, 3.63) is 34.9 Å². The van der Waals surface area contributed by atoms with Crippen LogP contribution in [0.15, 0.2) is 18.2 Å². The van der Waals surface area contributed by atoms with E-state index in [2.05, 4.69) is 13.0 Å². The van der Waals surface area contributed by atoms with Crippen LogP contribution in [0.1, 0.15) is 34.8 Å². The summed E-state index contributed by atoms with van der Waals surface area (Å²) in [5, 5.41) is 0. The standard InChI is InChI=1S/C15H22N2O/c1-11-6-12(2)8-13(7-11)14(18)17-5-4-15(3,9-16)10-17/h6-8H,4-5,9-10,16H2,1-3H3. The Hall–Kier alpha value is -1.35. The van der Waals surface area contributed by atoms with E-state index in [1.54, 1.807) is 0 Å². The molecule has 1 unspecified atom stereocenters. The summed E-state index contributed by atoms with van der Waals surface area (Å²) in [7, 11) is 0. The fraction of sp³-hybridized carbons (Fsp3) is 0.533. The third-order valence-electron chi connectivity index (χ3n) is 3.81. The van der Waals surface area contributed by atoms with Crippen molar-refractivity contribution in [3.63, 3.8) is 0 Å². The zero-order chi connectivity index (χ0) is 13.3. The van der Waals surface area contributed by atoms with Crippen molar-refractivity contribution in [2.45, 2.75) is 27.2 Å². The Morgan fingerprint density at radius 2 is 1.94 bits per heavy atom. The van der Waals surface area contributed by atoms with Crippen LogP contribution in [-0.4, -0.2) is 30.4 Å². The molecule has 1 fully saturated rings. The molecule has 1 saturated heterocycles. The van der Waals surface area contributed by atoms with Gasteiger partial charge in [-0.1, -0.05) is 24.1 Å². The van der Waals surface area contributed by atoms with Crippen molar-refractivity contribution < 1.29 is 4.79 Å². The number of nitrogens with two attached hydrogens (primary N) is 1. The molecular formula is C15H22N2O. The molecule has 2 N–H and O–H groups in total. The number of hydrogen-bond donors (Lipinski definition) is 1. The molecule has 1 amide bonds. The highest BCUT2D eigenvalue weighted by molar-refractivity contribution is 5.94. The molecule has 0 aliphatic carbocycles.